The van der Waals surface area contributed by atoms with Crippen molar-refractivity contribution >= 4 is 22.1 Å². The van der Waals surface area contributed by atoms with Crippen LogP contribution in [0.5, 0.6) is 0 Å². The van der Waals surface area contributed by atoms with Gasteiger partial charge < -0.3 is 10.5 Å². The van der Waals surface area contributed by atoms with E-state index in [2.05, 4.69) is 0 Å². The predicted octanol–water partition coefficient (Wildman–Crippen LogP) is 3.86. The SMILES string of the molecule is N#CC1=C(N)OC2=C(C(=O)C[C@@H](c3ccccc3)C2)[C@@H]1c1ccc([N+](=O)[O-])s1. The molecule has 140 valence electrons. The second-order valence-corrected chi connectivity index (χ2v) is 7.73. The lowest BCUT2D eigenvalue weighted by molar-refractivity contribution is -0.380. The molecule has 1 aliphatic heterocycles. The molecule has 0 amide bonds. The number of benzene rings is 1. The van der Waals surface area contributed by atoms with Crippen LogP contribution in [-0.2, 0) is 9.53 Å². The van der Waals surface area contributed by atoms with Crippen molar-refractivity contribution in [3.8, 4) is 6.07 Å². The van der Waals surface area contributed by atoms with Crippen LogP contribution in [-0.4, -0.2) is 10.7 Å². The molecule has 0 radical (unpaired) electrons. The lowest BCUT2D eigenvalue weighted by atomic mass is 9.75. The highest BCUT2D eigenvalue weighted by Crippen LogP contribution is 2.48. The number of rotatable bonds is 3. The summed E-state index contributed by atoms with van der Waals surface area (Å²) in [6, 6.07) is 14.6. The van der Waals surface area contributed by atoms with Crippen molar-refractivity contribution in [2.75, 3.05) is 0 Å². The van der Waals surface area contributed by atoms with Gasteiger partial charge in [-0.05, 0) is 17.5 Å². The molecule has 2 N–H and O–H groups in total. The molecule has 1 aromatic heterocycles. The number of Topliss-reactive ketones (excluding diaryl/α,β-unsaturated/α-hetero) is 1. The number of nitrogens with zero attached hydrogens (tertiary/aromatic N) is 2. The molecular formula is C20H15N3O4S. The number of ether oxygens (including phenoxy) is 1. The van der Waals surface area contributed by atoms with Crippen molar-refractivity contribution in [2.45, 2.75) is 24.7 Å². The number of thiophene rings is 1. The number of nitro groups is 1. The summed E-state index contributed by atoms with van der Waals surface area (Å²) in [7, 11) is 0. The first-order valence-electron chi connectivity index (χ1n) is 8.62. The molecule has 2 aromatic rings. The molecule has 0 bridgehead atoms. The van der Waals surface area contributed by atoms with E-state index < -0.39 is 10.8 Å². The Morgan fingerprint density at radius 2 is 1.96 bits per heavy atom. The summed E-state index contributed by atoms with van der Waals surface area (Å²) in [5.41, 5.74) is 7.51. The van der Waals surface area contributed by atoms with Gasteiger partial charge in [-0.25, -0.2) is 0 Å². The number of hydrogen-bond acceptors (Lipinski definition) is 7. The zero-order valence-electron chi connectivity index (χ0n) is 14.6. The molecule has 8 heteroatoms. The molecule has 2 atom stereocenters. The summed E-state index contributed by atoms with van der Waals surface area (Å²) in [6.45, 7) is 0. The summed E-state index contributed by atoms with van der Waals surface area (Å²) in [6.07, 6.45) is 0.767. The molecule has 1 aliphatic carbocycles. The van der Waals surface area contributed by atoms with Crippen LogP contribution >= 0.6 is 11.3 Å². The van der Waals surface area contributed by atoms with Gasteiger partial charge in [-0.2, -0.15) is 5.26 Å². The van der Waals surface area contributed by atoms with E-state index in [-0.39, 0.29) is 34.6 Å². The lowest BCUT2D eigenvalue weighted by Crippen LogP contribution is -2.29. The average Bonchev–Trinajstić information content (AvgIpc) is 3.17. The largest absolute Gasteiger partial charge is 0.444 e. The summed E-state index contributed by atoms with van der Waals surface area (Å²) in [5.74, 6) is -0.498. The number of nitriles is 1. The van der Waals surface area contributed by atoms with E-state index in [1.807, 2.05) is 36.4 Å². The van der Waals surface area contributed by atoms with Crippen LogP contribution in [0.2, 0.25) is 0 Å². The highest BCUT2D eigenvalue weighted by atomic mass is 32.1. The molecule has 1 aromatic carbocycles. The van der Waals surface area contributed by atoms with Gasteiger partial charge in [-0.3, -0.25) is 14.9 Å². The van der Waals surface area contributed by atoms with Gasteiger partial charge >= 0.3 is 5.00 Å². The minimum absolute atomic E-state index is 0.0396. The highest BCUT2D eigenvalue weighted by molar-refractivity contribution is 7.15. The molecule has 7 nitrogen and oxygen atoms in total. The monoisotopic (exact) mass is 393 g/mol. The van der Waals surface area contributed by atoms with E-state index in [1.165, 1.54) is 6.07 Å². The molecule has 0 saturated carbocycles. The standard InChI is InChI=1S/C20H15N3O4S/c21-10-13-18(16-6-7-17(28-16)23(25)26)19-14(24)8-12(9-15(19)27-20(13)22)11-4-2-1-3-5-11/h1-7,12,18H,8-9,22H2/t12-,18+/m1/s1. The van der Waals surface area contributed by atoms with Gasteiger partial charge in [0.2, 0.25) is 5.88 Å². The Labute approximate surface area is 164 Å². The first-order chi connectivity index (χ1) is 13.5. The van der Waals surface area contributed by atoms with Crippen LogP contribution in [0.15, 0.2) is 65.3 Å². The first-order valence-corrected chi connectivity index (χ1v) is 9.44. The molecule has 0 spiro atoms. The Morgan fingerprint density at radius 1 is 1.21 bits per heavy atom. The van der Waals surface area contributed by atoms with E-state index >= 15 is 0 Å². The molecule has 0 unspecified atom stereocenters. The number of carbonyl (C=O) groups is 1. The van der Waals surface area contributed by atoms with E-state index in [9.17, 15) is 20.2 Å². The van der Waals surface area contributed by atoms with Crippen LogP contribution in [0.3, 0.4) is 0 Å². The summed E-state index contributed by atoms with van der Waals surface area (Å²) >= 11 is 0.942. The minimum Gasteiger partial charge on any atom is -0.444 e. The maximum absolute atomic E-state index is 13.1. The van der Waals surface area contributed by atoms with Crippen molar-refractivity contribution in [3.05, 3.63) is 85.8 Å². The second-order valence-electron chi connectivity index (χ2n) is 6.63. The van der Waals surface area contributed by atoms with Crippen LogP contribution < -0.4 is 5.73 Å². The minimum atomic E-state index is -0.725. The maximum atomic E-state index is 13.1. The quantitative estimate of drug-likeness (QED) is 0.624. The van der Waals surface area contributed by atoms with Gasteiger partial charge in [0.05, 0.1) is 10.8 Å². The van der Waals surface area contributed by atoms with Gasteiger partial charge in [-0.1, -0.05) is 41.7 Å². The maximum Gasteiger partial charge on any atom is 0.324 e. The van der Waals surface area contributed by atoms with Crippen LogP contribution in [0.25, 0.3) is 0 Å². The van der Waals surface area contributed by atoms with Gasteiger partial charge in [-0.15, -0.1) is 0 Å². The number of nitrogens with two attached hydrogens (primary N) is 1. The molecule has 0 saturated heterocycles. The Hall–Kier alpha value is -3.44. The Morgan fingerprint density at radius 3 is 2.61 bits per heavy atom. The van der Waals surface area contributed by atoms with E-state index in [0.29, 0.717) is 22.6 Å². The molecule has 4 rings (SSSR count). The van der Waals surface area contributed by atoms with Crippen LogP contribution in [0.4, 0.5) is 5.00 Å². The summed E-state index contributed by atoms with van der Waals surface area (Å²) in [5, 5.41) is 20.6. The van der Waals surface area contributed by atoms with E-state index in [4.69, 9.17) is 10.5 Å². The van der Waals surface area contributed by atoms with Crippen LogP contribution in [0.1, 0.15) is 35.1 Å². The topological polar surface area (TPSA) is 119 Å². The molecule has 2 aliphatic rings. The predicted molar refractivity (Wildman–Crippen MR) is 102 cm³/mol. The zero-order chi connectivity index (χ0) is 19.8. The average molecular weight is 393 g/mol. The van der Waals surface area contributed by atoms with Gasteiger partial charge in [0.25, 0.3) is 0 Å². The van der Waals surface area contributed by atoms with Crippen molar-refractivity contribution < 1.29 is 14.5 Å². The Balaban J connectivity index is 1.78. The second kappa shape index (κ2) is 6.94. The number of hydrogen-bond donors (Lipinski definition) is 1. The number of ketones is 1. The van der Waals surface area contributed by atoms with Crippen LogP contribution in [0, 0.1) is 21.4 Å². The van der Waals surface area contributed by atoms with Crippen molar-refractivity contribution in [1.29, 1.82) is 5.26 Å². The van der Waals surface area contributed by atoms with Gasteiger partial charge in [0.15, 0.2) is 5.78 Å². The fraction of sp³-hybridized carbons (Fsp3) is 0.200. The number of carbonyl (C=O) groups excluding carboxylic acids is 1. The molecular weight excluding hydrogens is 378 g/mol. The van der Waals surface area contributed by atoms with Crippen molar-refractivity contribution in [3.63, 3.8) is 0 Å². The fourth-order valence-corrected chi connectivity index (χ4v) is 4.69. The molecule has 28 heavy (non-hydrogen) atoms. The lowest BCUT2D eigenvalue weighted by Gasteiger charge is -2.33. The summed E-state index contributed by atoms with van der Waals surface area (Å²) < 4.78 is 5.69. The van der Waals surface area contributed by atoms with E-state index in [0.717, 1.165) is 16.9 Å². The Bertz CT molecular complexity index is 1080. The zero-order valence-corrected chi connectivity index (χ0v) is 15.4. The third-order valence-corrected chi connectivity index (χ3v) is 6.11. The first kappa shape index (κ1) is 17.9. The van der Waals surface area contributed by atoms with Gasteiger partial charge in [0.1, 0.15) is 17.4 Å². The summed E-state index contributed by atoms with van der Waals surface area (Å²) in [4.78, 5) is 24.2. The molecule has 0 fully saturated rings. The normalized spacial score (nSPS) is 21.8. The number of allylic oxidation sites excluding steroid dienone is 3. The smallest absolute Gasteiger partial charge is 0.324 e. The van der Waals surface area contributed by atoms with E-state index in [1.54, 1.807) is 6.07 Å². The van der Waals surface area contributed by atoms with Crippen molar-refractivity contribution in [1.82, 2.24) is 0 Å². The third kappa shape index (κ3) is 2.96. The highest BCUT2D eigenvalue weighted by Gasteiger charge is 2.41. The van der Waals surface area contributed by atoms with Gasteiger partial charge in [0, 0.05) is 29.4 Å². The van der Waals surface area contributed by atoms with Crippen molar-refractivity contribution in [2.24, 2.45) is 5.73 Å². The molecule has 2 heterocycles. The Kier molecular flexibility index (Phi) is 4.45. The third-order valence-electron chi connectivity index (χ3n) is 5.01. The fourth-order valence-electron chi connectivity index (χ4n) is 3.75.